The van der Waals surface area contributed by atoms with E-state index in [1.54, 1.807) is 31.7 Å². The van der Waals surface area contributed by atoms with Gasteiger partial charge in [0.15, 0.2) is 0 Å². The molecule has 0 saturated heterocycles. The van der Waals surface area contributed by atoms with Crippen LogP contribution in [0.2, 0.25) is 5.02 Å². The maximum atomic E-state index is 12.7. The topological polar surface area (TPSA) is 71.3 Å². The number of hydrogen-bond acceptors (Lipinski definition) is 4. The number of anilines is 1. The molecule has 4 rings (SSSR count). The Kier molecular flexibility index (Phi) is 5.44. The van der Waals surface area contributed by atoms with Crippen molar-refractivity contribution in [2.45, 2.75) is 12.5 Å². The van der Waals surface area contributed by atoms with Crippen molar-refractivity contribution in [2.75, 3.05) is 12.4 Å². The number of pyridine rings is 2. The maximum Gasteiger partial charge on any atom is 0.242 e. The van der Waals surface area contributed by atoms with Crippen molar-refractivity contribution in [1.29, 1.82) is 0 Å². The van der Waals surface area contributed by atoms with Crippen LogP contribution >= 0.6 is 11.6 Å². The van der Waals surface area contributed by atoms with Gasteiger partial charge in [-0.1, -0.05) is 41.9 Å². The molecule has 0 bridgehead atoms. The van der Waals surface area contributed by atoms with Crippen LogP contribution in [0.1, 0.15) is 5.56 Å². The smallest absolute Gasteiger partial charge is 0.242 e. The van der Waals surface area contributed by atoms with Gasteiger partial charge in [-0.15, -0.1) is 0 Å². The molecule has 0 fully saturated rings. The van der Waals surface area contributed by atoms with Crippen molar-refractivity contribution >= 4 is 29.0 Å². The molecule has 0 aliphatic carbocycles. The first kappa shape index (κ1) is 19.0. The normalized spacial score (nSPS) is 11.9. The zero-order chi connectivity index (χ0) is 20.2. The standard InChI is InChI=1S/C22H20ClN5O/c1-24-22(29)18(12-15-6-3-2-4-7-15)26-21-20(16-8-5-11-25-13-16)27-19-10-9-17(23)14-28(19)21/h2-11,13-14,18,26H,12H2,1H3,(H,24,29). The van der Waals surface area contributed by atoms with E-state index in [0.29, 0.717) is 23.0 Å². The third-order valence-corrected chi connectivity index (χ3v) is 4.90. The Bertz CT molecular complexity index is 1130. The minimum absolute atomic E-state index is 0.108. The predicted octanol–water partition coefficient (Wildman–Crippen LogP) is 3.82. The summed E-state index contributed by atoms with van der Waals surface area (Å²) < 4.78 is 1.87. The van der Waals surface area contributed by atoms with Crippen molar-refractivity contribution in [1.82, 2.24) is 19.7 Å². The molecule has 29 heavy (non-hydrogen) atoms. The van der Waals surface area contributed by atoms with E-state index in [2.05, 4.69) is 15.6 Å². The first-order chi connectivity index (χ1) is 14.2. The number of aromatic nitrogens is 3. The number of likely N-dealkylation sites (N-methyl/N-ethyl adjacent to an activating group) is 1. The van der Waals surface area contributed by atoms with Crippen molar-refractivity contribution in [3.63, 3.8) is 0 Å². The molecule has 4 aromatic rings. The molecular weight excluding hydrogens is 386 g/mol. The molecule has 1 unspecified atom stereocenters. The number of imidazole rings is 1. The average molecular weight is 406 g/mol. The fourth-order valence-corrected chi connectivity index (χ4v) is 3.42. The molecule has 7 heteroatoms. The molecule has 0 radical (unpaired) electrons. The monoisotopic (exact) mass is 405 g/mol. The summed E-state index contributed by atoms with van der Waals surface area (Å²) >= 11 is 6.23. The molecular formula is C22H20ClN5O. The SMILES string of the molecule is CNC(=O)C(Cc1ccccc1)Nc1c(-c2cccnc2)nc2ccc(Cl)cn12. The summed E-state index contributed by atoms with van der Waals surface area (Å²) in [5, 5.41) is 6.72. The van der Waals surface area contributed by atoms with Gasteiger partial charge in [-0.2, -0.15) is 0 Å². The number of rotatable bonds is 6. The number of halogens is 1. The fraction of sp³-hybridized carbons (Fsp3) is 0.136. The van der Waals surface area contributed by atoms with Crippen LogP contribution in [-0.2, 0) is 11.2 Å². The summed E-state index contributed by atoms with van der Waals surface area (Å²) in [5.74, 6) is 0.586. The Morgan fingerprint density at radius 1 is 1.14 bits per heavy atom. The largest absolute Gasteiger partial charge is 0.357 e. The second-order valence-electron chi connectivity index (χ2n) is 6.63. The highest BCUT2D eigenvalue weighted by molar-refractivity contribution is 6.30. The van der Waals surface area contributed by atoms with Crippen LogP contribution in [0, 0.1) is 0 Å². The first-order valence-corrected chi connectivity index (χ1v) is 9.63. The molecule has 1 atom stereocenters. The van der Waals surface area contributed by atoms with Gasteiger partial charge in [0.1, 0.15) is 23.2 Å². The summed E-state index contributed by atoms with van der Waals surface area (Å²) in [6.07, 6.45) is 5.78. The van der Waals surface area contributed by atoms with E-state index in [1.807, 2.05) is 52.9 Å². The molecule has 0 aliphatic rings. The quantitative estimate of drug-likeness (QED) is 0.511. The van der Waals surface area contributed by atoms with E-state index in [0.717, 1.165) is 16.8 Å². The Morgan fingerprint density at radius 3 is 2.69 bits per heavy atom. The molecule has 0 aliphatic heterocycles. The van der Waals surface area contributed by atoms with Crippen LogP contribution < -0.4 is 10.6 Å². The number of carbonyl (C=O) groups excluding carboxylic acids is 1. The van der Waals surface area contributed by atoms with Crippen LogP contribution in [0.4, 0.5) is 5.82 Å². The molecule has 0 saturated carbocycles. The van der Waals surface area contributed by atoms with E-state index in [4.69, 9.17) is 16.6 Å². The molecule has 2 N–H and O–H groups in total. The number of nitrogens with one attached hydrogen (secondary N) is 2. The number of nitrogens with zero attached hydrogens (tertiary/aromatic N) is 3. The third kappa shape index (κ3) is 4.07. The van der Waals surface area contributed by atoms with Gasteiger partial charge in [0.2, 0.25) is 5.91 Å². The Morgan fingerprint density at radius 2 is 1.97 bits per heavy atom. The van der Waals surface area contributed by atoms with Crippen LogP contribution in [0.25, 0.3) is 16.9 Å². The fourth-order valence-electron chi connectivity index (χ4n) is 3.26. The van der Waals surface area contributed by atoms with Crippen LogP contribution in [0.15, 0.2) is 73.2 Å². The van der Waals surface area contributed by atoms with E-state index in [9.17, 15) is 4.79 Å². The molecule has 6 nitrogen and oxygen atoms in total. The highest BCUT2D eigenvalue weighted by Crippen LogP contribution is 2.30. The molecule has 0 spiro atoms. The molecule has 3 aromatic heterocycles. The Labute approximate surface area is 173 Å². The summed E-state index contributed by atoms with van der Waals surface area (Å²) in [4.78, 5) is 21.6. The van der Waals surface area contributed by atoms with E-state index in [-0.39, 0.29) is 5.91 Å². The van der Waals surface area contributed by atoms with Gasteiger partial charge in [-0.3, -0.25) is 14.2 Å². The van der Waals surface area contributed by atoms with Gasteiger partial charge in [0.25, 0.3) is 0 Å². The van der Waals surface area contributed by atoms with Crippen LogP contribution in [0.3, 0.4) is 0 Å². The minimum atomic E-state index is -0.489. The van der Waals surface area contributed by atoms with Gasteiger partial charge < -0.3 is 10.6 Å². The van der Waals surface area contributed by atoms with E-state index in [1.165, 1.54) is 0 Å². The van der Waals surface area contributed by atoms with Crippen LogP contribution in [-0.4, -0.2) is 33.4 Å². The zero-order valence-electron chi connectivity index (χ0n) is 15.8. The average Bonchev–Trinajstić information content (AvgIpc) is 3.11. The molecule has 1 amide bonds. The number of benzene rings is 1. The lowest BCUT2D eigenvalue weighted by Crippen LogP contribution is -2.39. The van der Waals surface area contributed by atoms with Crippen LogP contribution in [0.5, 0.6) is 0 Å². The second kappa shape index (κ2) is 8.32. The maximum absolute atomic E-state index is 12.7. The second-order valence-corrected chi connectivity index (χ2v) is 7.06. The zero-order valence-corrected chi connectivity index (χ0v) is 16.6. The summed E-state index contributed by atoms with van der Waals surface area (Å²) in [5.41, 5.74) is 3.35. The molecule has 146 valence electrons. The number of amides is 1. The Hall–Kier alpha value is -3.38. The lowest BCUT2D eigenvalue weighted by Gasteiger charge is -2.19. The minimum Gasteiger partial charge on any atom is -0.357 e. The number of fused-ring (bicyclic) bond motifs is 1. The van der Waals surface area contributed by atoms with E-state index < -0.39 is 6.04 Å². The van der Waals surface area contributed by atoms with Gasteiger partial charge in [-0.05, 0) is 29.8 Å². The highest BCUT2D eigenvalue weighted by Gasteiger charge is 2.23. The highest BCUT2D eigenvalue weighted by atomic mass is 35.5. The summed E-state index contributed by atoms with van der Waals surface area (Å²) in [6, 6.07) is 16.8. The predicted molar refractivity (Wildman–Crippen MR) is 115 cm³/mol. The lowest BCUT2D eigenvalue weighted by atomic mass is 10.0. The molecule has 1 aromatic carbocycles. The van der Waals surface area contributed by atoms with Crippen molar-refractivity contribution < 1.29 is 4.79 Å². The van der Waals surface area contributed by atoms with E-state index >= 15 is 0 Å². The van der Waals surface area contributed by atoms with Gasteiger partial charge in [0.05, 0.1) is 5.02 Å². The lowest BCUT2D eigenvalue weighted by molar-refractivity contribution is -0.121. The van der Waals surface area contributed by atoms with Crippen molar-refractivity contribution in [3.8, 4) is 11.3 Å². The molecule has 3 heterocycles. The number of carbonyl (C=O) groups is 1. The Balaban J connectivity index is 1.79. The summed E-state index contributed by atoms with van der Waals surface area (Å²) in [6.45, 7) is 0. The van der Waals surface area contributed by atoms with Crippen molar-refractivity contribution in [3.05, 3.63) is 83.8 Å². The summed E-state index contributed by atoms with van der Waals surface area (Å²) in [7, 11) is 1.63. The number of hydrogen-bond donors (Lipinski definition) is 2. The van der Waals surface area contributed by atoms with Crippen molar-refractivity contribution in [2.24, 2.45) is 0 Å². The van der Waals surface area contributed by atoms with Gasteiger partial charge in [-0.25, -0.2) is 4.98 Å². The third-order valence-electron chi connectivity index (χ3n) is 4.67. The first-order valence-electron chi connectivity index (χ1n) is 9.26. The van der Waals surface area contributed by atoms with Gasteiger partial charge in [0, 0.05) is 37.6 Å². The van der Waals surface area contributed by atoms with Gasteiger partial charge >= 0.3 is 0 Å².